The number of hydrogen-bond acceptors (Lipinski definition) is 1. The third-order valence-electron chi connectivity index (χ3n) is 3.93. The molecule has 0 atom stereocenters. The van der Waals surface area contributed by atoms with E-state index in [-0.39, 0.29) is 5.91 Å². The number of allylic oxidation sites excluding steroid dienone is 2. The number of hydrogen-bond donors (Lipinski definition) is 1. The Labute approximate surface area is 138 Å². The molecule has 0 aromatic heterocycles. The van der Waals surface area contributed by atoms with Crippen LogP contribution in [0.25, 0.3) is 0 Å². The predicted octanol–water partition coefficient (Wildman–Crippen LogP) is 6.28. The summed E-state index contributed by atoms with van der Waals surface area (Å²) in [5.74, 6) is 0.0904. The van der Waals surface area contributed by atoms with Crippen molar-refractivity contribution in [1.82, 2.24) is 5.32 Å². The zero-order chi connectivity index (χ0) is 16.3. The van der Waals surface area contributed by atoms with Gasteiger partial charge < -0.3 is 5.32 Å². The molecular weight excluding hydrogens is 270 g/mol. The van der Waals surface area contributed by atoms with Crippen LogP contribution < -0.4 is 5.32 Å². The van der Waals surface area contributed by atoms with Gasteiger partial charge in [0.2, 0.25) is 5.91 Å². The molecule has 0 heterocycles. The molecule has 1 N–H and O–H groups in total. The maximum absolute atomic E-state index is 11.2. The Balaban J connectivity index is 3.14. The fourth-order valence-corrected chi connectivity index (χ4v) is 2.54. The van der Waals surface area contributed by atoms with Crippen molar-refractivity contribution in [2.75, 3.05) is 0 Å². The number of amides is 1. The van der Waals surface area contributed by atoms with E-state index in [0.29, 0.717) is 6.42 Å². The Bertz CT molecular complexity index is 283. The molecule has 0 rings (SSSR count). The summed E-state index contributed by atoms with van der Waals surface area (Å²) < 4.78 is 0. The lowest BCUT2D eigenvalue weighted by atomic mass is 10.1. The minimum atomic E-state index is 0.0904. The van der Waals surface area contributed by atoms with Crippen molar-refractivity contribution in [3.8, 4) is 0 Å². The molecule has 0 spiro atoms. The SMILES string of the molecule is C=CNC(=O)CCCCCCCC=CCCCCCCCC. The fourth-order valence-electron chi connectivity index (χ4n) is 2.54. The molecule has 0 radical (unpaired) electrons. The van der Waals surface area contributed by atoms with Crippen LogP contribution in [0.4, 0.5) is 0 Å². The predicted molar refractivity (Wildman–Crippen MR) is 97.8 cm³/mol. The Hall–Kier alpha value is -1.05. The summed E-state index contributed by atoms with van der Waals surface area (Å²) in [5.41, 5.74) is 0. The molecule has 0 aromatic carbocycles. The second kappa shape index (κ2) is 18.0. The van der Waals surface area contributed by atoms with Crippen molar-refractivity contribution in [2.24, 2.45) is 0 Å². The van der Waals surface area contributed by atoms with Gasteiger partial charge in [-0.3, -0.25) is 4.79 Å². The topological polar surface area (TPSA) is 29.1 Å². The van der Waals surface area contributed by atoms with Crippen LogP contribution in [0.15, 0.2) is 24.9 Å². The van der Waals surface area contributed by atoms with Crippen molar-refractivity contribution in [3.05, 3.63) is 24.9 Å². The molecule has 1 amide bonds. The summed E-state index contributed by atoms with van der Waals surface area (Å²) in [5, 5.41) is 2.61. The van der Waals surface area contributed by atoms with E-state index in [1.54, 1.807) is 0 Å². The lowest BCUT2D eigenvalue weighted by Crippen LogP contribution is -2.15. The van der Waals surface area contributed by atoms with Crippen LogP contribution in [0.5, 0.6) is 0 Å². The van der Waals surface area contributed by atoms with Gasteiger partial charge in [-0.15, -0.1) is 0 Å². The van der Waals surface area contributed by atoms with E-state index in [4.69, 9.17) is 0 Å². The Kier molecular flexibility index (Phi) is 17.1. The monoisotopic (exact) mass is 307 g/mol. The van der Waals surface area contributed by atoms with Gasteiger partial charge in [-0.2, -0.15) is 0 Å². The van der Waals surface area contributed by atoms with E-state index in [9.17, 15) is 4.79 Å². The van der Waals surface area contributed by atoms with Crippen molar-refractivity contribution in [2.45, 2.75) is 96.8 Å². The zero-order valence-electron chi connectivity index (χ0n) is 14.7. The van der Waals surface area contributed by atoms with Crippen molar-refractivity contribution >= 4 is 5.91 Å². The van der Waals surface area contributed by atoms with Crippen LogP contribution >= 0.6 is 0 Å². The van der Waals surface area contributed by atoms with Crippen LogP contribution in [-0.4, -0.2) is 5.91 Å². The van der Waals surface area contributed by atoms with E-state index < -0.39 is 0 Å². The summed E-state index contributed by atoms with van der Waals surface area (Å²) in [6.45, 7) is 5.75. The first-order valence-electron chi connectivity index (χ1n) is 9.36. The van der Waals surface area contributed by atoms with E-state index >= 15 is 0 Å². The lowest BCUT2D eigenvalue weighted by molar-refractivity contribution is -0.120. The van der Waals surface area contributed by atoms with Crippen LogP contribution in [0.2, 0.25) is 0 Å². The number of carbonyl (C=O) groups is 1. The average molecular weight is 308 g/mol. The summed E-state index contributed by atoms with van der Waals surface area (Å²) in [7, 11) is 0. The Morgan fingerprint density at radius 2 is 1.32 bits per heavy atom. The molecule has 128 valence electrons. The zero-order valence-corrected chi connectivity index (χ0v) is 14.7. The quantitative estimate of drug-likeness (QED) is 0.264. The average Bonchev–Trinajstić information content (AvgIpc) is 2.51. The number of carbonyl (C=O) groups excluding carboxylic acids is 1. The first kappa shape index (κ1) is 20.9. The molecular formula is C20H37NO. The van der Waals surface area contributed by atoms with E-state index in [2.05, 4.69) is 31.0 Å². The van der Waals surface area contributed by atoms with Crippen molar-refractivity contribution < 1.29 is 4.79 Å². The maximum Gasteiger partial charge on any atom is 0.223 e. The third-order valence-corrected chi connectivity index (χ3v) is 3.93. The molecule has 0 bridgehead atoms. The highest BCUT2D eigenvalue weighted by molar-refractivity contribution is 5.76. The van der Waals surface area contributed by atoms with Gasteiger partial charge in [0.15, 0.2) is 0 Å². The lowest BCUT2D eigenvalue weighted by Gasteiger charge is -2.01. The van der Waals surface area contributed by atoms with Crippen molar-refractivity contribution in [1.29, 1.82) is 0 Å². The third kappa shape index (κ3) is 17.0. The summed E-state index contributed by atoms with van der Waals surface area (Å²) in [6.07, 6.45) is 23.5. The molecule has 0 unspecified atom stereocenters. The number of unbranched alkanes of at least 4 members (excludes halogenated alkanes) is 11. The first-order chi connectivity index (χ1) is 10.8. The molecule has 0 saturated heterocycles. The van der Waals surface area contributed by atoms with Gasteiger partial charge in [-0.25, -0.2) is 0 Å². The van der Waals surface area contributed by atoms with Crippen LogP contribution in [0.3, 0.4) is 0 Å². The summed E-state index contributed by atoms with van der Waals surface area (Å²) >= 11 is 0. The molecule has 0 aliphatic rings. The molecule has 0 aliphatic heterocycles. The van der Waals surface area contributed by atoms with E-state index in [0.717, 1.165) is 12.8 Å². The highest BCUT2D eigenvalue weighted by Crippen LogP contribution is 2.09. The molecule has 2 heteroatoms. The molecule has 0 aromatic rings. The number of nitrogens with one attached hydrogen (secondary N) is 1. The molecule has 2 nitrogen and oxygen atoms in total. The number of rotatable bonds is 16. The van der Waals surface area contributed by atoms with Crippen molar-refractivity contribution in [3.63, 3.8) is 0 Å². The Morgan fingerprint density at radius 3 is 1.86 bits per heavy atom. The minimum absolute atomic E-state index is 0.0904. The maximum atomic E-state index is 11.2. The first-order valence-corrected chi connectivity index (χ1v) is 9.36. The second-order valence-corrected chi connectivity index (χ2v) is 6.11. The van der Waals surface area contributed by atoms with E-state index in [1.807, 2.05) is 0 Å². The second-order valence-electron chi connectivity index (χ2n) is 6.11. The highest BCUT2D eigenvalue weighted by Gasteiger charge is 1.97. The minimum Gasteiger partial charge on any atom is -0.333 e. The van der Waals surface area contributed by atoms with Crippen LogP contribution in [0, 0.1) is 0 Å². The van der Waals surface area contributed by atoms with Gasteiger partial charge in [0, 0.05) is 6.42 Å². The fraction of sp³-hybridized carbons (Fsp3) is 0.750. The van der Waals surface area contributed by atoms with Crippen LogP contribution in [-0.2, 0) is 4.79 Å². The molecule has 0 fully saturated rings. The normalized spacial score (nSPS) is 11.0. The van der Waals surface area contributed by atoms with Crippen LogP contribution in [0.1, 0.15) is 96.8 Å². The van der Waals surface area contributed by atoms with Gasteiger partial charge in [0.1, 0.15) is 0 Å². The summed E-state index contributed by atoms with van der Waals surface area (Å²) in [4.78, 5) is 11.2. The standard InChI is InChI=1S/C20H37NO/c1-3-5-6-7-8-9-10-11-12-13-14-15-16-17-18-19-20(22)21-4-2/h4,11-12H,2-3,5-10,13-19H2,1H3,(H,21,22). The molecule has 0 aliphatic carbocycles. The molecule has 22 heavy (non-hydrogen) atoms. The van der Waals surface area contributed by atoms with Gasteiger partial charge in [0.25, 0.3) is 0 Å². The largest absolute Gasteiger partial charge is 0.333 e. The van der Waals surface area contributed by atoms with Gasteiger partial charge >= 0.3 is 0 Å². The van der Waals surface area contributed by atoms with E-state index in [1.165, 1.54) is 76.8 Å². The van der Waals surface area contributed by atoms with Gasteiger partial charge in [0.05, 0.1) is 0 Å². The highest BCUT2D eigenvalue weighted by atomic mass is 16.1. The van der Waals surface area contributed by atoms with Gasteiger partial charge in [-0.05, 0) is 38.3 Å². The van der Waals surface area contributed by atoms with Gasteiger partial charge in [-0.1, -0.05) is 77.0 Å². The summed E-state index contributed by atoms with van der Waals surface area (Å²) in [6, 6.07) is 0. The Morgan fingerprint density at radius 1 is 0.818 bits per heavy atom. The smallest absolute Gasteiger partial charge is 0.223 e. The molecule has 0 saturated carbocycles.